The molecular weight excluding hydrogens is 264 g/mol. The van der Waals surface area contributed by atoms with Gasteiger partial charge in [0.15, 0.2) is 0 Å². The molecule has 0 saturated heterocycles. The van der Waals surface area contributed by atoms with Crippen molar-refractivity contribution in [1.29, 1.82) is 0 Å². The average molecular weight is 299 g/mol. The summed E-state index contributed by atoms with van der Waals surface area (Å²) in [5.41, 5.74) is 0. The first-order chi connectivity index (χ1) is 10.2. The summed E-state index contributed by atoms with van der Waals surface area (Å²) in [6.45, 7) is 2.21. The van der Waals surface area contributed by atoms with Crippen LogP contribution in [0.3, 0.4) is 0 Å². The number of carboxylic acids is 1. The summed E-state index contributed by atoms with van der Waals surface area (Å²) < 4.78 is 0. The summed E-state index contributed by atoms with van der Waals surface area (Å²) in [5.74, 6) is -0.928. The van der Waals surface area contributed by atoms with E-state index in [9.17, 15) is 15.0 Å². The summed E-state index contributed by atoms with van der Waals surface area (Å²) >= 11 is 0. The Morgan fingerprint density at radius 3 is 1.71 bits per heavy atom. The van der Waals surface area contributed by atoms with Gasteiger partial charge in [0, 0.05) is 5.97 Å². The summed E-state index contributed by atoms with van der Waals surface area (Å²) in [5, 5.41) is 20.1. The van der Waals surface area contributed by atoms with Crippen LogP contribution in [-0.2, 0) is 4.79 Å². The van der Waals surface area contributed by atoms with Gasteiger partial charge in [0.25, 0.3) is 0 Å². The number of rotatable bonds is 16. The number of carbonyl (C=O) groups is 1. The van der Waals surface area contributed by atoms with E-state index in [1.54, 1.807) is 0 Å². The number of hydrogen-bond donors (Lipinski definition) is 1. The smallest absolute Gasteiger partial charge is 0.0540 e. The second-order valence-electron chi connectivity index (χ2n) is 6.24. The summed E-state index contributed by atoms with van der Waals surface area (Å²) in [6.07, 6.45) is 15.9. The van der Waals surface area contributed by atoms with Crippen molar-refractivity contribution in [2.75, 3.05) is 0 Å². The lowest BCUT2D eigenvalue weighted by Gasteiger charge is -2.10. The van der Waals surface area contributed by atoms with E-state index in [4.69, 9.17) is 0 Å². The van der Waals surface area contributed by atoms with Crippen molar-refractivity contribution in [3.05, 3.63) is 0 Å². The Morgan fingerprint density at radius 1 is 0.810 bits per heavy atom. The molecule has 0 rings (SSSR count). The molecule has 0 heterocycles. The van der Waals surface area contributed by atoms with Crippen LogP contribution in [0.5, 0.6) is 0 Å². The Hall–Kier alpha value is -0.570. The van der Waals surface area contributed by atoms with Crippen molar-refractivity contribution < 1.29 is 15.0 Å². The van der Waals surface area contributed by atoms with Crippen LogP contribution in [0.15, 0.2) is 0 Å². The molecule has 1 N–H and O–H groups in total. The minimum absolute atomic E-state index is 0.0912. The zero-order valence-electron chi connectivity index (χ0n) is 13.9. The van der Waals surface area contributed by atoms with Gasteiger partial charge in [-0.05, 0) is 25.7 Å². The molecule has 0 aliphatic heterocycles. The van der Waals surface area contributed by atoms with Crippen molar-refractivity contribution >= 4 is 5.97 Å². The first-order valence-electron chi connectivity index (χ1n) is 9.04. The van der Waals surface area contributed by atoms with Crippen LogP contribution >= 0.6 is 0 Å². The van der Waals surface area contributed by atoms with Gasteiger partial charge >= 0.3 is 0 Å². The third-order valence-electron chi connectivity index (χ3n) is 4.06. The predicted octanol–water partition coefficient (Wildman–Crippen LogP) is 3.97. The Bertz CT molecular complexity index is 229. The number of aliphatic carboxylic acids is 1. The van der Waals surface area contributed by atoms with Crippen LogP contribution in [0.4, 0.5) is 0 Å². The fourth-order valence-electron chi connectivity index (χ4n) is 2.66. The summed E-state index contributed by atoms with van der Waals surface area (Å²) in [4.78, 5) is 10.2. The second-order valence-corrected chi connectivity index (χ2v) is 6.24. The number of aliphatic hydroxyl groups is 1. The number of hydrogen-bond acceptors (Lipinski definition) is 3. The molecule has 126 valence electrons. The Kier molecular flexibility index (Phi) is 15.4. The maximum absolute atomic E-state index is 10.2. The maximum atomic E-state index is 10.2. The van der Waals surface area contributed by atoms with Gasteiger partial charge in [0.2, 0.25) is 0 Å². The normalized spacial score (nSPS) is 12.5. The lowest BCUT2D eigenvalue weighted by molar-refractivity contribution is -0.305. The molecule has 0 aliphatic rings. The van der Waals surface area contributed by atoms with E-state index in [0.717, 1.165) is 38.5 Å². The largest absolute Gasteiger partial charge is 0.550 e. The van der Waals surface area contributed by atoms with Gasteiger partial charge in [-0.25, -0.2) is 0 Å². The third kappa shape index (κ3) is 17.4. The Balaban J connectivity index is 3.12. The molecule has 0 aromatic heterocycles. The van der Waals surface area contributed by atoms with Gasteiger partial charge < -0.3 is 15.0 Å². The van der Waals surface area contributed by atoms with Gasteiger partial charge in [-0.15, -0.1) is 0 Å². The Labute approximate surface area is 131 Å². The van der Waals surface area contributed by atoms with E-state index in [-0.39, 0.29) is 12.5 Å². The van der Waals surface area contributed by atoms with Crippen LogP contribution in [0, 0.1) is 0 Å². The monoisotopic (exact) mass is 299 g/mol. The van der Waals surface area contributed by atoms with Gasteiger partial charge in [-0.3, -0.25) is 0 Å². The van der Waals surface area contributed by atoms with E-state index >= 15 is 0 Å². The molecule has 21 heavy (non-hydrogen) atoms. The highest BCUT2D eigenvalue weighted by atomic mass is 16.4. The highest BCUT2D eigenvalue weighted by molar-refractivity contribution is 5.63. The van der Waals surface area contributed by atoms with Crippen LogP contribution in [0.1, 0.15) is 103 Å². The van der Waals surface area contributed by atoms with Crippen molar-refractivity contribution in [1.82, 2.24) is 0 Å². The number of carboxylic acid groups (broad SMARTS) is 1. The zero-order chi connectivity index (χ0) is 15.8. The van der Waals surface area contributed by atoms with Crippen LogP contribution < -0.4 is 5.11 Å². The molecule has 0 spiro atoms. The highest BCUT2D eigenvalue weighted by Gasteiger charge is 2.03. The molecule has 0 aromatic rings. The van der Waals surface area contributed by atoms with Crippen molar-refractivity contribution in [3.63, 3.8) is 0 Å². The summed E-state index contributed by atoms with van der Waals surface area (Å²) in [7, 11) is 0. The lowest BCUT2D eigenvalue weighted by atomic mass is 10.0. The van der Waals surface area contributed by atoms with Gasteiger partial charge in [-0.2, -0.15) is 0 Å². The first-order valence-corrected chi connectivity index (χ1v) is 9.04. The van der Waals surface area contributed by atoms with Crippen molar-refractivity contribution in [2.45, 2.75) is 109 Å². The third-order valence-corrected chi connectivity index (χ3v) is 4.06. The van der Waals surface area contributed by atoms with E-state index in [1.807, 2.05) is 0 Å². The number of unbranched alkanes of at least 4 members (excludes halogenated alkanes) is 10. The zero-order valence-corrected chi connectivity index (χ0v) is 13.9. The predicted molar refractivity (Wildman–Crippen MR) is 85.9 cm³/mol. The van der Waals surface area contributed by atoms with Gasteiger partial charge in [0.1, 0.15) is 0 Å². The topological polar surface area (TPSA) is 60.4 Å². The van der Waals surface area contributed by atoms with Gasteiger partial charge in [-0.1, -0.05) is 77.6 Å². The molecule has 3 heteroatoms. The van der Waals surface area contributed by atoms with Crippen molar-refractivity contribution in [3.8, 4) is 0 Å². The van der Waals surface area contributed by atoms with Crippen LogP contribution in [0.2, 0.25) is 0 Å². The van der Waals surface area contributed by atoms with Crippen LogP contribution in [-0.4, -0.2) is 17.2 Å². The standard InChI is InChI=1S/C18H36O3/c1-2-3-4-11-14-17(19)15-12-9-7-5-6-8-10-13-16-18(20)21/h17,19H,2-16H2,1H3,(H,20,21)/p-1/t17-/m0/s1. The molecule has 0 fully saturated rings. The van der Waals surface area contributed by atoms with E-state index < -0.39 is 5.97 Å². The quantitative estimate of drug-likeness (QED) is 0.439. The SMILES string of the molecule is CCCCCC[C@H](O)CCCCCCCCCCC(=O)[O-]. The van der Waals surface area contributed by atoms with E-state index in [1.165, 1.54) is 51.4 Å². The van der Waals surface area contributed by atoms with E-state index in [2.05, 4.69) is 6.92 Å². The molecule has 0 bridgehead atoms. The molecule has 0 saturated carbocycles. The molecule has 0 unspecified atom stereocenters. The van der Waals surface area contributed by atoms with Crippen LogP contribution in [0.25, 0.3) is 0 Å². The molecule has 0 aliphatic carbocycles. The fourth-order valence-corrected chi connectivity index (χ4v) is 2.66. The minimum Gasteiger partial charge on any atom is -0.550 e. The molecule has 0 radical (unpaired) electrons. The highest BCUT2D eigenvalue weighted by Crippen LogP contribution is 2.14. The van der Waals surface area contributed by atoms with Crippen molar-refractivity contribution in [2.24, 2.45) is 0 Å². The molecule has 3 nitrogen and oxygen atoms in total. The number of carbonyl (C=O) groups excluding carboxylic acids is 1. The second kappa shape index (κ2) is 15.8. The van der Waals surface area contributed by atoms with E-state index in [0.29, 0.717) is 0 Å². The molecule has 0 aromatic carbocycles. The summed E-state index contributed by atoms with van der Waals surface area (Å²) in [6, 6.07) is 0. The maximum Gasteiger partial charge on any atom is 0.0540 e. The number of aliphatic hydroxyl groups excluding tert-OH is 1. The lowest BCUT2D eigenvalue weighted by Crippen LogP contribution is -2.21. The first kappa shape index (κ1) is 20.4. The molecule has 0 amide bonds. The van der Waals surface area contributed by atoms with Gasteiger partial charge in [0.05, 0.1) is 6.10 Å². The average Bonchev–Trinajstić information content (AvgIpc) is 2.45. The minimum atomic E-state index is -0.928. The molecular formula is C18H35O3-. The fraction of sp³-hybridized carbons (Fsp3) is 0.944. The molecule has 1 atom stereocenters. The Morgan fingerprint density at radius 2 is 1.24 bits per heavy atom.